The number of hydrogen-bond acceptors (Lipinski definition) is 2. The molecule has 3 aromatic rings. The molecule has 3 N–H and O–H groups in total. The van der Waals surface area contributed by atoms with Crippen LogP contribution >= 0.6 is 0 Å². The van der Waals surface area contributed by atoms with Gasteiger partial charge in [0.15, 0.2) is 0 Å². The van der Waals surface area contributed by atoms with Gasteiger partial charge in [-0.15, -0.1) is 0 Å². The van der Waals surface area contributed by atoms with Crippen molar-refractivity contribution < 1.29 is 0 Å². The molecule has 18 heavy (non-hydrogen) atoms. The van der Waals surface area contributed by atoms with Gasteiger partial charge in [-0.1, -0.05) is 35.9 Å². The number of benzene rings is 2. The molecule has 0 spiro atoms. The van der Waals surface area contributed by atoms with Crippen LogP contribution in [-0.4, -0.2) is 4.98 Å². The fraction of sp³-hybridized carbons (Fsp3) is 0.0667. The first-order valence-corrected chi connectivity index (χ1v) is 5.98. The van der Waals surface area contributed by atoms with Gasteiger partial charge in [0.25, 0.3) is 0 Å². The van der Waals surface area contributed by atoms with Crippen LogP contribution in [0.3, 0.4) is 0 Å². The average Bonchev–Trinajstić information content (AvgIpc) is 2.82. The van der Waals surface area contributed by atoms with Gasteiger partial charge in [-0.2, -0.15) is 0 Å². The van der Waals surface area contributed by atoms with Gasteiger partial charge in [0.1, 0.15) is 0 Å². The van der Waals surface area contributed by atoms with Crippen molar-refractivity contribution in [2.75, 3.05) is 10.9 Å². The van der Waals surface area contributed by atoms with E-state index in [1.54, 1.807) is 0 Å². The molecule has 0 atom stereocenters. The number of hydrogen-bond donors (Lipinski definition) is 3. The summed E-state index contributed by atoms with van der Waals surface area (Å²) in [5.74, 6) is 0. The molecule has 3 heteroatoms. The second-order valence-electron chi connectivity index (χ2n) is 4.36. The van der Waals surface area contributed by atoms with Gasteiger partial charge in [-0.05, 0) is 25.1 Å². The molecule has 0 aliphatic rings. The Morgan fingerprint density at radius 2 is 1.67 bits per heavy atom. The van der Waals surface area contributed by atoms with Crippen molar-refractivity contribution in [3.63, 3.8) is 0 Å². The molecule has 0 saturated heterocycles. The zero-order valence-electron chi connectivity index (χ0n) is 10.2. The average molecular weight is 237 g/mol. The van der Waals surface area contributed by atoms with Crippen molar-refractivity contribution in [1.82, 2.24) is 4.98 Å². The summed E-state index contributed by atoms with van der Waals surface area (Å²) in [6.07, 6.45) is 1.96. The summed E-state index contributed by atoms with van der Waals surface area (Å²) in [6.45, 7) is 2.08. The van der Waals surface area contributed by atoms with Crippen molar-refractivity contribution >= 4 is 22.3 Å². The first kappa shape index (κ1) is 10.7. The number of aryl methyl sites for hydroxylation is 1. The highest BCUT2D eigenvalue weighted by molar-refractivity contribution is 5.92. The summed E-state index contributed by atoms with van der Waals surface area (Å²) in [6, 6.07) is 16.5. The van der Waals surface area contributed by atoms with Crippen molar-refractivity contribution in [3.8, 4) is 0 Å². The SMILES string of the molecule is Cc1ccc(NNc2c[nH]c3ccccc23)cc1. The van der Waals surface area contributed by atoms with Crippen molar-refractivity contribution in [2.45, 2.75) is 6.92 Å². The van der Waals surface area contributed by atoms with Crippen molar-refractivity contribution in [2.24, 2.45) is 0 Å². The van der Waals surface area contributed by atoms with Crippen LogP contribution in [-0.2, 0) is 0 Å². The number of hydrazine groups is 1. The molecule has 3 nitrogen and oxygen atoms in total. The summed E-state index contributed by atoms with van der Waals surface area (Å²) >= 11 is 0. The standard InChI is InChI=1S/C15H15N3/c1-11-6-8-12(9-7-11)17-18-15-10-16-14-5-3-2-4-13(14)15/h2-10,16-18H,1H3. The van der Waals surface area contributed by atoms with Gasteiger partial charge >= 0.3 is 0 Å². The van der Waals surface area contributed by atoms with E-state index >= 15 is 0 Å². The Balaban J connectivity index is 1.79. The normalized spacial score (nSPS) is 10.5. The number of H-pyrrole nitrogens is 1. The number of aromatic amines is 1. The third-order valence-electron chi connectivity index (χ3n) is 2.98. The molecule has 0 bridgehead atoms. The van der Waals surface area contributed by atoms with E-state index in [4.69, 9.17) is 0 Å². The zero-order chi connectivity index (χ0) is 12.4. The first-order chi connectivity index (χ1) is 8.83. The molecule has 1 heterocycles. The summed E-state index contributed by atoms with van der Waals surface area (Å²) in [5, 5.41) is 1.18. The molecule has 0 amide bonds. The lowest BCUT2D eigenvalue weighted by molar-refractivity contribution is 1.39. The van der Waals surface area contributed by atoms with Gasteiger partial charge in [-0.3, -0.25) is 5.43 Å². The molecule has 0 aliphatic heterocycles. The number of nitrogens with one attached hydrogen (secondary N) is 3. The Morgan fingerprint density at radius 3 is 2.50 bits per heavy atom. The summed E-state index contributed by atoms with van der Waals surface area (Å²) in [5.41, 5.74) is 10.9. The van der Waals surface area contributed by atoms with Gasteiger partial charge in [-0.25, -0.2) is 0 Å². The predicted octanol–water partition coefficient (Wildman–Crippen LogP) is 3.92. The molecule has 90 valence electrons. The van der Waals surface area contributed by atoms with Crippen LogP contribution in [0.25, 0.3) is 10.9 Å². The Labute approximate surface area is 106 Å². The largest absolute Gasteiger partial charge is 0.359 e. The van der Waals surface area contributed by atoms with E-state index in [9.17, 15) is 0 Å². The fourth-order valence-electron chi connectivity index (χ4n) is 1.95. The van der Waals surface area contributed by atoms with Gasteiger partial charge in [0.2, 0.25) is 0 Å². The van der Waals surface area contributed by atoms with E-state index in [0.717, 1.165) is 16.9 Å². The van der Waals surface area contributed by atoms with E-state index < -0.39 is 0 Å². The summed E-state index contributed by atoms with van der Waals surface area (Å²) in [7, 11) is 0. The van der Waals surface area contributed by atoms with E-state index in [1.807, 2.05) is 18.3 Å². The number of para-hydroxylation sites is 1. The van der Waals surface area contributed by atoms with Crippen LogP contribution in [0.2, 0.25) is 0 Å². The van der Waals surface area contributed by atoms with Crippen LogP contribution < -0.4 is 10.9 Å². The van der Waals surface area contributed by atoms with Crippen LogP contribution in [0.4, 0.5) is 11.4 Å². The number of fused-ring (bicyclic) bond motifs is 1. The van der Waals surface area contributed by atoms with E-state index in [2.05, 4.69) is 59.2 Å². The quantitative estimate of drug-likeness (QED) is 0.604. The Bertz CT molecular complexity index is 653. The van der Waals surface area contributed by atoms with Crippen molar-refractivity contribution in [3.05, 3.63) is 60.3 Å². The lowest BCUT2D eigenvalue weighted by atomic mass is 10.2. The fourth-order valence-corrected chi connectivity index (χ4v) is 1.95. The molecule has 3 rings (SSSR count). The molecule has 0 unspecified atom stereocenters. The van der Waals surface area contributed by atoms with Crippen LogP contribution in [0.1, 0.15) is 5.56 Å². The number of aromatic nitrogens is 1. The molecule has 0 radical (unpaired) electrons. The third-order valence-corrected chi connectivity index (χ3v) is 2.98. The molecule has 1 aromatic heterocycles. The maximum Gasteiger partial charge on any atom is 0.0793 e. The number of anilines is 2. The Hall–Kier alpha value is -2.42. The highest BCUT2D eigenvalue weighted by Crippen LogP contribution is 2.22. The van der Waals surface area contributed by atoms with Crippen LogP contribution in [0.15, 0.2) is 54.7 Å². The minimum Gasteiger partial charge on any atom is -0.359 e. The second kappa shape index (κ2) is 4.45. The molecule has 0 saturated carbocycles. The summed E-state index contributed by atoms with van der Waals surface area (Å²) < 4.78 is 0. The molecule has 0 aliphatic carbocycles. The highest BCUT2D eigenvalue weighted by Gasteiger charge is 2.01. The van der Waals surface area contributed by atoms with E-state index in [-0.39, 0.29) is 0 Å². The Morgan fingerprint density at radius 1 is 0.889 bits per heavy atom. The van der Waals surface area contributed by atoms with Crippen molar-refractivity contribution in [1.29, 1.82) is 0 Å². The lowest BCUT2D eigenvalue weighted by Crippen LogP contribution is -2.07. The minimum atomic E-state index is 1.05. The van der Waals surface area contributed by atoms with Gasteiger partial charge in [0, 0.05) is 17.1 Å². The van der Waals surface area contributed by atoms with E-state index in [0.29, 0.717) is 0 Å². The second-order valence-corrected chi connectivity index (χ2v) is 4.36. The van der Waals surface area contributed by atoms with E-state index in [1.165, 1.54) is 10.9 Å². The first-order valence-electron chi connectivity index (χ1n) is 5.98. The van der Waals surface area contributed by atoms with Gasteiger partial charge < -0.3 is 10.4 Å². The monoisotopic (exact) mass is 237 g/mol. The molecule has 2 aromatic carbocycles. The molecular formula is C15H15N3. The maximum atomic E-state index is 3.23. The van der Waals surface area contributed by atoms with Crippen LogP contribution in [0.5, 0.6) is 0 Å². The lowest BCUT2D eigenvalue weighted by Gasteiger charge is -2.08. The van der Waals surface area contributed by atoms with Gasteiger partial charge in [0.05, 0.1) is 11.4 Å². The predicted molar refractivity (Wildman–Crippen MR) is 76.7 cm³/mol. The smallest absolute Gasteiger partial charge is 0.0793 e. The number of rotatable bonds is 3. The van der Waals surface area contributed by atoms with Crippen LogP contribution in [0, 0.1) is 6.92 Å². The Kier molecular flexibility index (Phi) is 2.65. The molecular weight excluding hydrogens is 222 g/mol. The maximum absolute atomic E-state index is 3.23. The zero-order valence-corrected chi connectivity index (χ0v) is 10.2. The topological polar surface area (TPSA) is 39.8 Å². The molecule has 0 fully saturated rings. The summed E-state index contributed by atoms with van der Waals surface area (Å²) in [4.78, 5) is 3.23. The minimum absolute atomic E-state index is 1.05. The third kappa shape index (κ3) is 2.02. The highest BCUT2D eigenvalue weighted by atomic mass is 15.4.